The van der Waals surface area contributed by atoms with E-state index in [1.165, 1.54) is 30.4 Å². The lowest BCUT2D eigenvalue weighted by Gasteiger charge is -2.40. The molecule has 0 spiro atoms. The maximum atomic E-state index is 12.3. The normalized spacial score (nSPS) is 24.5. The largest absolute Gasteiger partial charge is 0.319 e. The molecule has 2 unspecified atom stereocenters. The van der Waals surface area contributed by atoms with E-state index in [1.54, 1.807) is 0 Å². The zero-order valence-electron chi connectivity index (χ0n) is 13.3. The van der Waals surface area contributed by atoms with E-state index in [1.807, 2.05) is 0 Å². The first-order chi connectivity index (χ1) is 10.1. The van der Waals surface area contributed by atoms with Crippen molar-refractivity contribution < 1.29 is 4.79 Å². The molecule has 2 aliphatic rings. The summed E-state index contributed by atoms with van der Waals surface area (Å²) in [6, 6.07) is 9.07. The molecule has 3 nitrogen and oxygen atoms in total. The predicted octanol–water partition coefficient (Wildman–Crippen LogP) is 3.43. The highest BCUT2D eigenvalue weighted by atomic mass is 16.2. The number of benzene rings is 1. The van der Waals surface area contributed by atoms with Crippen molar-refractivity contribution in [2.75, 3.05) is 6.54 Å². The molecule has 1 saturated carbocycles. The van der Waals surface area contributed by atoms with Crippen LogP contribution in [0.5, 0.6) is 0 Å². The van der Waals surface area contributed by atoms with Gasteiger partial charge in [0.1, 0.15) is 6.17 Å². The molecule has 0 aromatic heterocycles. The van der Waals surface area contributed by atoms with Crippen LogP contribution in [0.25, 0.3) is 0 Å². The van der Waals surface area contributed by atoms with Gasteiger partial charge in [-0.05, 0) is 42.7 Å². The molecule has 1 amide bonds. The van der Waals surface area contributed by atoms with E-state index in [2.05, 4.69) is 55.3 Å². The van der Waals surface area contributed by atoms with Gasteiger partial charge in [-0.3, -0.25) is 10.1 Å². The van der Waals surface area contributed by atoms with Gasteiger partial charge in [0.25, 0.3) is 0 Å². The summed E-state index contributed by atoms with van der Waals surface area (Å²) in [5.41, 5.74) is 2.55. The SMILES string of the molecule is CC(C)c1ccc(C2NCC(=O)N2C(C)C2CCC2)cc1. The predicted molar refractivity (Wildman–Crippen MR) is 84.9 cm³/mol. The summed E-state index contributed by atoms with van der Waals surface area (Å²) in [6.45, 7) is 7.09. The average Bonchev–Trinajstić information content (AvgIpc) is 2.78. The third kappa shape index (κ3) is 2.71. The summed E-state index contributed by atoms with van der Waals surface area (Å²) in [5, 5.41) is 3.38. The molecule has 1 aromatic rings. The minimum absolute atomic E-state index is 0.0503. The lowest BCUT2D eigenvalue weighted by Crippen LogP contribution is -2.44. The summed E-state index contributed by atoms with van der Waals surface area (Å²) >= 11 is 0. The Morgan fingerprint density at radius 1 is 1.14 bits per heavy atom. The highest BCUT2D eigenvalue weighted by molar-refractivity contribution is 5.81. The van der Waals surface area contributed by atoms with E-state index in [9.17, 15) is 4.79 Å². The van der Waals surface area contributed by atoms with E-state index in [0.717, 1.165) is 0 Å². The van der Waals surface area contributed by atoms with Crippen molar-refractivity contribution in [3.05, 3.63) is 35.4 Å². The molecular formula is C18H26N2O. The highest BCUT2D eigenvalue weighted by Gasteiger charge is 2.39. The second-order valence-electron chi connectivity index (χ2n) is 6.84. The van der Waals surface area contributed by atoms with Crippen molar-refractivity contribution in [1.29, 1.82) is 0 Å². The van der Waals surface area contributed by atoms with Crippen LogP contribution in [0, 0.1) is 5.92 Å². The van der Waals surface area contributed by atoms with Gasteiger partial charge >= 0.3 is 0 Å². The maximum Gasteiger partial charge on any atom is 0.238 e. The van der Waals surface area contributed by atoms with Gasteiger partial charge in [-0.2, -0.15) is 0 Å². The molecule has 1 aromatic carbocycles. The Morgan fingerprint density at radius 3 is 2.33 bits per heavy atom. The summed E-state index contributed by atoms with van der Waals surface area (Å²) in [4.78, 5) is 14.4. The standard InChI is InChI=1S/C18H26N2O/c1-12(2)14-7-9-16(10-8-14)18-19-11-17(21)20(18)13(3)15-5-4-6-15/h7-10,12-13,15,18-19H,4-6,11H2,1-3H3. The molecule has 2 atom stereocenters. The molecule has 3 rings (SSSR count). The van der Waals surface area contributed by atoms with Gasteiger partial charge < -0.3 is 4.90 Å². The zero-order valence-corrected chi connectivity index (χ0v) is 13.3. The van der Waals surface area contributed by atoms with Crippen LogP contribution < -0.4 is 5.32 Å². The van der Waals surface area contributed by atoms with Gasteiger partial charge in [0.05, 0.1) is 6.54 Å². The topological polar surface area (TPSA) is 32.3 Å². The minimum Gasteiger partial charge on any atom is -0.319 e. The first kappa shape index (κ1) is 14.6. The van der Waals surface area contributed by atoms with Crippen LogP contribution in [-0.4, -0.2) is 23.4 Å². The molecule has 1 saturated heterocycles. The third-order valence-corrected chi connectivity index (χ3v) is 5.20. The van der Waals surface area contributed by atoms with Gasteiger partial charge in [0.2, 0.25) is 5.91 Å². The van der Waals surface area contributed by atoms with E-state index in [0.29, 0.717) is 24.4 Å². The van der Waals surface area contributed by atoms with Crippen LogP contribution in [0.1, 0.15) is 63.2 Å². The van der Waals surface area contributed by atoms with E-state index < -0.39 is 0 Å². The minimum atomic E-state index is 0.0503. The van der Waals surface area contributed by atoms with Crippen LogP contribution >= 0.6 is 0 Å². The van der Waals surface area contributed by atoms with Crippen molar-refractivity contribution >= 4 is 5.91 Å². The van der Waals surface area contributed by atoms with Crippen molar-refractivity contribution in [1.82, 2.24) is 10.2 Å². The molecule has 2 fully saturated rings. The Balaban J connectivity index is 1.80. The van der Waals surface area contributed by atoms with Crippen LogP contribution in [-0.2, 0) is 4.79 Å². The highest BCUT2D eigenvalue weighted by Crippen LogP contribution is 2.36. The van der Waals surface area contributed by atoms with Crippen molar-refractivity contribution in [3.8, 4) is 0 Å². The summed E-state index contributed by atoms with van der Waals surface area (Å²) in [7, 11) is 0. The maximum absolute atomic E-state index is 12.3. The number of hydrogen-bond acceptors (Lipinski definition) is 2. The van der Waals surface area contributed by atoms with Crippen molar-refractivity contribution in [2.24, 2.45) is 5.92 Å². The molecule has 1 N–H and O–H groups in total. The first-order valence-electron chi connectivity index (χ1n) is 8.22. The number of rotatable bonds is 4. The monoisotopic (exact) mass is 286 g/mol. The fourth-order valence-electron chi connectivity index (χ4n) is 3.47. The number of nitrogens with zero attached hydrogens (tertiary/aromatic N) is 1. The van der Waals surface area contributed by atoms with Crippen LogP contribution in [0.15, 0.2) is 24.3 Å². The van der Waals surface area contributed by atoms with E-state index in [4.69, 9.17) is 0 Å². The fraction of sp³-hybridized carbons (Fsp3) is 0.611. The van der Waals surface area contributed by atoms with E-state index in [-0.39, 0.29) is 12.1 Å². The molecule has 21 heavy (non-hydrogen) atoms. The molecule has 0 radical (unpaired) electrons. The number of amides is 1. The molecule has 1 aliphatic heterocycles. The lowest BCUT2D eigenvalue weighted by molar-refractivity contribution is -0.131. The Morgan fingerprint density at radius 2 is 1.81 bits per heavy atom. The third-order valence-electron chi connectivity index (χ3n) is 5.20. The van der Waals surface area contributed by atoms with Crippen molar-refractivity contribution in [2.45, 2.75) is 58.2 Å². The summed E-state index contributed by atoms with van der Waals surface area (Å²) < 4.78 is 0. The van der Waals surface area contributed by atoms with Crippen LogP contribution in [0.3, 0.4) is 0 Å². The van der Waals surface area contributed by atoms with Gasteiger partial charge in [0, 0.05) is 6.04 Å². The average molecular weight is 286 g/mol. The second kappa shape index (κ2) is 5.80. The lowest BCUT2D eigenvalue weighted by atomic mass is 9.79. The molecule has 0 bridgehead atoms. The summed E-state index contributed by atoms with van der Waals surface area (Å²) in [5.74, 6) is 1.47. The van der Waals surface area contributed by atoms with Gasteiger partial charge in [0.15, 0.2) is 0 Å². The van der Waals surface area contributed by atoms with Gasteiger partial charge in [-0.25, -0.2) is 0 Å². The number of carbonyl (C=O) groups is 1. The number of nitrogens with one attached hydrogen (secondary N) is 1. The zero-order chi connectivity index (χ0) is 15.0. The Labute approximate surface area is 127 Å². The van der Waals surface area contributed by atoms with Crippen LogP contribution in [0.2, 0.25) is 0 Å². The Hall–Kier alpha value is -1.35. The van der Waals surface area contributed by atoms with Crippen molar-refractivity contribution in [3.63, 3.8) is 0 Å². The molecule has 1 aliphatic carbocycles. The Kier molecular flexibility index (Phi) is 4.03. The Bertz CT molecular complexity index is 504. The second-order valence-corrected chi connectivity index (χ2v) is 6.84. The van der Waals surface area contributed by atoms with Gasteiger partial charge in [-0.1, -0.05) is 44.5 Å². The molecule has 3 heteroatoms. The number of carbonyl (C=O) groups excluding carboxylic acids is 1. The van der Waals surface area contributed by atoms with E-state index >= 15 is 0 Å². The first-order valence-corrected chi connectivity index (χ1v) is 8.22. The van der Waals surface area contributed by atoms with Crippen LogP contribution in [0.4, 0.5) is 0 Å². The smallest absolute Gasteiger partial charge is 0.238 e. The number of hydrogen-bond donors (Lipinski definition) is 1. The summed E-state index contributed by atoms with van der Waals surface area (Å²) in [6.07, 6.45) is 3.90. The molecular weight excluding hydrogens is 260 g/mol. The fourth-order valence-corrected chi connectivity index (χ4v) is 3.47. The quantitative estimate of drug-likeness (QED) is 0.919. The molecule has 1 heterocycles. The molecule has 114 valence electrons. The van der Waals surface area contributed by atoms with Gasteiger partial charge in [-0.15, -0.1) is 0 Å².